The van der Waals surface area contributed by atoms with Crippen LogP contribution >= 0.6 is 0 Å². The second-order valence-corrected chi connectivity index (χ2v) is 7.29. The first-order chi connectivity index (χ1) is 10.9. The Labute approximate surface area is 138 Å². The fourth-order valence-electron chi connectivity index (χ4n) is 4.24. The molecule has 0 heterocycles. The molecule has 2 rings (SSSR count). The number of alkyl carbamates (subject to hydrolysis) is 1. The molecular weight excluding hydrogens is 294 g/mol. The van der Waals surface area contributed by atoms with E-state index in [1.54, 1.807) is 13.8 Å². The maximum atomic E-state index is 12.2. The molecule has 2 aliphatic rings. The number of ether oxygens (including phenoxy) is 1. The van der Waals surface area contributed by atoms with E-state index in [0.29, 0.717) is 17.8 Å². The van der Waals surface area contributed by atoms with Crippen LogP contribution in [0.3, 0.4) is 0 Å². The standard InChI is InChI=1S/C18H29NO4/c1-4-5-6-7-14-12-8-9-13(10-12)16(14)23-18(22)19-15(11(2)3)17(20)21/h4,11-16H,1,5-10H2,2-3H3,(H,19,22)(H,20,21). The summed E-state index contributed by atoms with van der Waals surface area (Å²) in [6.07, 6.45) is 7.89. The summed E-state index contributed by atoms with van der Waals surface area (Å²) in [5, 5.41) is 11.7. The molecule has 0 aliphatic heterocycles. The lowest BCUT2D eigenvalue weighted by atomic mass is 9.83. The maximum absolute atomic E-state index is 12.2. The van der Waals surface area contributed by atoms with Crippen LogP contribution in [0.25, 0.3) is 0 Å². The van der Waals surface area contributed by atoms with Crippen LogP contribution in [0, 0.1) is 23.7 Å². The van der Waals surface area contributed by atoms with Gasteiger partial charge in [-0.2, -0.15) is 0 Å². The van der Waals surface area contributed by atoms with Gasteiger partial charge in [-0.3, -0.25) is 0 Å². The summed E-state index contributed by atoms with van der Waals surface area (Å²) in [6, 6.07) is -0.902. The molecule has 2 saturated carbocycles. The Bertz CT molecular complexity index is 448. The number of allylic oxidation sites excluding steroid dienone is 1. The van der Waals surface area contributed by atoms with E-state index < -0.39 is 18.1 Å². The normalized spacial score (nSPS) is 30.2. The summed E-state index contributed by atoms with van der Waals surface area (Å²) in [5.74, 6) is 0.322. The predicted octanol–water partition coefficient (Wildman–Crippen LogP) is 3.59. The van der Waals surface area contributed by atoms with Crippen molar-refractivity contribution in [2.45, 2.75) is 64.5 Å². The second kappa shape index (κ2) is 7.84. The Morgan fingerprint density at radius 2 is 2.04 bits per heavy atom. The summed E-state index contributed by atoms with van der Waals surface area (Å²) in [5.41, 5.74) is 0. The third kappa shape index (κ3) is 4.27. The predicted molar refractivity (Wildman–Crippen MR) is 88.0 cm³/mol. The summed E-state index contributed by atoms with van der Waals surface area (Å²) in [7, 11) is 0. The Kier molecular flexibility index (Phi) is 6.08. The number of carboxylic acids is 1. The molecular formula is C18H29NO4. The minimum atomic E-state index is -1.02. The van der Waals surface area contributed by atoms with E-state index in [0.717, 1.165) is 32.1 Å². The highest BCUT2D eigenvalue weighted by Gasteiger charge is 2.49. The highest BCUT2D eigenvalue weighted by molar-refractivity contribution is 5.80. The van der Waals surface area contributed by atoms with E-state index >= 15 is 0 Å². The van der Waals surface area contributed by atoms with Crippen molar-refractivity contribution in [2.24, 2.45) is 23.7 Å². The van der Waals surface area contributed by atoms with E-state index in [1.165, 1.54) is 6.42 Å². The number of hydrogen-bond donors (Lipinski definition) is 2. The summed E-state index contributed by atoms with van der Waals surface area (Å²) in [6.45, 7) is 7.30. The van der Waals surface area contributed by atoms with Gasteiger partial charge in [-0.15, -0.1) is 6.58 Å². The Morgan fingerprint density at radius 1 is 1.35 bits per heavy atom. The van der Waals surface area contributed by atoms with Crippen LogP contribution in [-0.4, -0.2) is 29.3 Å². The summed E-state index contributed by atoms with van der Waals surface area (Å²) in [4.78, 5) is 23.4. The zero-order valence-corrected chi connectivity index (χ0v) is 14.2. The van der Waals surface area contributed by atoms with Crippen LogP contribution in [0.4, 0.5) is 4.79 Å². The minimum absolute atomic E-state index is 0.0554. The molecule has 23 heavy (non-hydrogen) atoms. The van der Waals surface area contributed by atoms with Crippen LogP contribution in [0.15, 0.2) is 12.7 Å². The molecule has 2 fully saturated rings. The van der Waals surface area contributed by atoms with Gasteiger partial charge in [0.05, 0.1) is 0 Å². The molecule has 0 saturated heterocycles. The molecule has 5 heteroatoms. The molecule has 1 amide bonds. The SMILES string of the molecule is C=CCCCC1C2CCC(C2)C1OC(=O)NC(C(=O)O)C(C)C. The number of fused-ring (bicyclic) bond motifs is 2. The molecule has 0 aromatic heterocycles. The molecule has 130 valence electrons. The summed E-state index contributed by atoms with van der Waals surface area (Å²) >= 11 is 0. The van der Waals surface area contributed by atoms with Crippen LogP contribution in [0.5, 0.6) is 0 Å². The largest absolute Gasteiger partial charge is 0.480 e. The third-order valence-corrected chi connectivity index (χ3v) is 5.40. The van der Waals surface area contributed by atoms with Crippen molar-refractivity contribution in [3.05, 3.63) is 12.7 Å². The summed E-state index contributed by atoms with van der Waals surface area (Å²) < 4.78 is 5.68. The van der Waals surface area contributed by atoms with Crippen LogP contribution in [-0.2, 0) is 9.53 Å². The van der Waals surface area contributed by atoms with Gasteiger partial charge in [-0.25, -0.2) is 9.59 Å². The number of nitrogens with one attached hydrogen (secondary N) is 1. The number of hydrogen-bond acceptors (Lipinski definition) is 3. The van der Waals surface area contributed by atoms with Gasteiger partial charge in [0.2, 0.25) is 0 Å². The zero-order chi connectivity index (χ0) is 17.0. The third-order valence-electron chi connectivity index (χ3n) is 5.40. The van der Waals surface area contributed by atoms with Crippen molar-refractivity contribution >= 4 is 12.1 Å². The first-order valence-electron chi connectivity index (χ1n) is 8.74. The van der Waals surface area contributed by atoms with Crippen molar-refractivity contribution in [1.82, 2.24) is 5.32 Å². The van der Waals surface area contributed by atoms with Crippen molar-refractivity contribution in [3.63, 3.8) is 0 Å². The second-order valence-electron chi connectivity index (χ2n) is 7.29. The topological polar surface area (TPSA) is 75.6 Å². The van der Waals surface area contributed by atoms with Gasteiger partial charge in [0.25, 0.3) is 0 Å². The van der Waals surface area contributed by atoms with Gasteiger partial charge < -0.3 is 15.2 Å². The smallest absolute Gasteiger partial charge is 0.408 e. The first kappa shape index (κ1) is 17.8. The van der Waals surface area contributed by atoms with Gasteiger partial charge in [0, 0.05) is 0 Å². The van der Waals surface area contributed by atoms with E-state index in [2.05, 4.69) is 11.9 Å². The lowest BCUT2D eigenvalue weighted by Gasteiger charge is -2.31. The van der Waals surface area contributed by atoms with Gasteiger partial charge in [-0.05, 0) is 62.2 Å². The van der Waals surface area contributed by atoms with Crippen LogP contribution in [0.2, 0.25) is 0 Å². The number of carbonyl (C=O) groups excluding carboxylic acids is 1. The zero-order valence-electron chi connectivity index (χ0n) is 14.2. The molecule has 2 N–H and O–H groups in total. The minimum Gasteiger partial charge on any atom is -0.480 e. The molecule has 2 aliphatic carbocycles. The van der Waals surface area contributed by atoms with Crippen molar-refractivity contribution in [1.29, 1.82) is 0 Å². The fraction of sp³-hybridized carbons (Fsp3) is 0.778. The molecule has 0 aromatic carbocycles. The molecule has 0 aromatic rings. The number of unbranched alkanes of at least 4 members (excludes halogenated alkanes) is 1. The lowest BCUT2D eigenvalue weighted by Crippen LogP contribution is -2.46. The van der Waals surface area contributed by atoms with Crippen molar-refractivity contribution in [3.8, 4) is 0 Å². The molecule has 5 nitrogen and oxygen atoms in total. The highest BCUT2D eigenvalue weighted by atomic mass is 16.6. The number of rotatable bonds is 8. The quantitative estimate of drug-likeness (QED) is 0.529. The number of carbonyl (C=O) groups is 2. The van der Waals surface area contributed by atoms with Crippen molar-refractivity contribution < 1.29 is 19.4 Å². The number of carboxylic acid groups (broad SMARTS) is 1. The van der Waals surface area contributed by atoms with E-state index in [-0.39, 0.29) is 12.0 Å². The molecule has 5 unspecified atom stereocenters. The van der Waals surface area contributed by atoms with E-state index in [4.69, 9.17) is 4.74 Å². The van der Waals surface area contributed by atoms with Gasteiger partial charge >= 0.3 is 12.1 Å². The number of aliphatic carboxylic acids is 1. The average Bonchev–Trinajstić information content (AvgIpc) is 3.07. The van der Waals surface area contributed by atoms with Gasteiger partial charge in [0.15, 0.2) is 0 Å². The molecule has 5 atom stereocenters. The highest BCUT2D eigenvalue weighted by Crippen LogP contribution is 2.51. The maximum Gasteiger partial charge on any atom is 0.408 e. The van der Waals surface area contributed by atoms with Crippen LogP contribution in [0.1, 0.15) is 52.4 Å². The van der Waals surface area contributed by atoms with Gasteiger partial charge in [-0.1, -0.05) is 19.9 Å². The molecule has 0 radical (unpaired) electrons. The number of amides is 1. The average molecular weight is 323 g/mol. The van der Waals surface area contributed by atoms with Crippen molar-refractivity contribution in [2.75, 3.05) is 0 Å². The first-order valence-corrected chi connectivity index (χ1v) is 8.74. The van der Waals surface area contributed by atoms with Gasteiger partial charge in [0.1, 0.15) is 12.1 Å². The monoisotopic (exact) mass is 323 g/mol. The van der Waals surface area contributed by atoms with Crippen LogP contribution < -0.4 is 5.32 Å². The Balaban J connectivity index is 1.92. The fourth-order valence-corrected chi connectivity index (χ4v) is 4.24. The van der Waals surface area contributed by atoms with E-state index in [1.807, 2.05) is 6.08 Å². The molecule has 0 spiro atoms. The Morgan fingerprint density at radius 3 is 2.65 bits per heavy atom. The molecule has 2 bridgehead atoms. The van der Waals surface area contributed by atoms with E-state index in [9.17, 15) is 14.7 Å². The Hall–Kier alpha value is -1.52. The lowest BCUT2D eigenvalue weighted by molar-refractivity contribution is -0.140.